The molecule has 2 fully saturated rings. The van der Waals surface area contributed by atoms with Gasteiger partial charge in [0.1, 0.15) is 11.0 Å². The van der Waals surface area contributed by atoms with Gasteiger partial charge in [-0.15, -0.1) is 5.10 Å². The molecule has 4 heterocycles. The topological polar surface area (TPSA) is 118 Å². The number of fused-ring (bicyclic) bond motifs is 4. The van der Waals surface area contributed by atoms with Gasteiger partial charge in [-0.1, -0.05) is 53.7 Å². The van der Waals surface area contributed by atoms with Crippen molar-refractivity contribution in [3.63, 3.8) is 0 Å². The third kappa shape index (κ3) is 4.85. The first-order valence-electron chi connectivity index (χ1n) is 15.8. The van der Waals surface area contributed by atoms with Gasteiger partial charge in [-0.2, -0.15) is 10.5 Å². The number of hydrogen-bond acceptors (Lipinski definition) is 8. The molecule has 7 rings (SSSR count). The Morgan fingerprint density at radius 1 is 1.21 bits per heavy atom. The first-order valence-corrected chi connectivity index (χ1v) is 16.2. The molecule has 0 N–H and O–H groups in total. The fourth-order valence-corrected chi connectivity index (χ4v) is 7.58. The van der Waals surface area contributed by atoms with Gasteiger partial charge < -0.3 is 14.7 Å². The molecule has 2 aliphatic heterocycles. The second kappa shape index (κ2) is 11.9. The molecule has 0 bridgehead atoms. The van der Waals surface area contributed by atoms with Crippen LogP contribution in [-0.2, 0) is 4.79 Å². The van der Waals surface area contributed by atoms with Crippen LogP contribution in [0.25, 0.3) is 43.8 Å². The van der Waals surface area contributed by atoms with E-state index in [1.54, 1.807) is 33.8 Å². The van der Waals surface area contributed by atoms with Gasteiger partial charge >= 0.3 is 0 Å². The van der Waals surface area contributed by atoms with Crippen molar-refractivity contribution >= 4 is 56.0 Å². The second-order valence-corrected chi connectivity index (χ2v) is 13.5. The van der Waals surface area contributed by atoms with Gasteiger partial charge in [0.05, 0.1) is 40.7 Å². The van der Waals surface area contributed by atoms with Crippen LogP contribution in [-0.4, -0.2) is 81.0 Å². The van der Waals surface area contributed by atoms with Crippen molar-refractivity contribution in [2.75, 3.05) is 38.6 Å². The zero-order valence-electron chi connectivity index (χ0n) is 26.9. The quantitative estimate of drug-likeness (QED) is 0.196. The van der Waals surface area contributed by atoms with Crippen molar-refractivity contribution in [3.05, 3.63) is 71.5 Å². The lowest BCUT2D eigenvalue weighted by Gasteiger charge is -2.52. The highest BCUT2D eigenvalue weighted by Gasteiger charge is 2.43. The Bertz CT molecular complexity index is 2220. The molecule has 2 atom stereocenters. The van der Waals surface area contributed by atoms with Gasteiger partial charge in [0.25, 0.3) is 0 Å². The van der Waals surface area contributed by atoms with Crippen LogP contribution in [0.2, 0.25) is 5.02 Å². The van der Waals surface area contributed by atoms with Crippen molar-refractivity contribution in [1.82, 2.24) is 29.8 Å². The Hall–Kier alpha value is -5.10. The summed E-state index contributed by atoms with van der Waals surface area (Å²) in [5.74, 6) is -0.290. The summed E-state index contributed by atoms with van der Waals surface area (Å²) in [6.07, 6.45) is 2.46. The molecule has 0 spiro atoms. The van der Waals surface area contributed by atoms with E-state index in [1.165, 1.54) is 6.08 Å². The Kier molecular flexibility index (Phi) is 7.78. The van der Waals surface area contributed by atoms with E-state index in [-0.39, 0.29) is 46.1 Å². The van der Waals surface area contributed by atoms with E-state index in [0.717, 1.165) is 5.39 Å². The van der Waals surface area contributed by atoms with Crippen LogP contribution in [0.15, 0.2) is 55.1 Å². The van der Waals surface area contributed by atoms with Gasteiger partial charge in [-0.05, 0) is 63.0 Å². The molecule has 48 heavy (non-hydrogen) atoms. The zero-order valence-corrected chi connectivity index (χ0v) is 27.7. The number of likely N-dealkylation sites (tertiary alicyclic amines) is 1. The number of carbonyl (C=O) groups excluding carboxylic acids is 1. The minimum Gasteiger partial charge on any atom is -0.351 e. The SMILES string of the molecule is C=CC(=O)N1CCC(n2nnc3c(N4CC(C)(N(C)C)C4)nc4c(F)c(-c5cccc6cccc(C#N)c56)c(Cl)cc4c32)C[C@H]1CC#N. The highest BCUT2D eigenvalue weighted by molar-refractivity contribution is 6.35. The predicted molar refractivity (Wildman–Crippen MR) is 184 cm³/mol. The smallest absolute Gasteiger partial charge is 0.246 e. The molecule has 1 amide bonds. The fourth-order valence-electron chi connectivity index (χ4n) is 7.28. The summed E-state index contributed by atoms with van der Waals surface area (Å²) in [6.45, 7) is 7.51. The van der Waals surface area contributed by atoms with Crippen molar-refractivity contribution in [2.24, 2.45) is 0 Å². The minimum atomic E-state index is -0.599. The number of aromatic nitrogens is 4. The van der Waals surface area contributed by atoms with Crippen LogP contribution in [0.5, 0.6) is 0 Å². The molecule has 1 unspecified atom stereocenters. The molecule has 12 heteroatoms. The first-order chi connectivity index (χ1) is 23.1. The molecule has 2 aromatic heterocycles. The highest BCUT2D eigenvalue weighted by Crippen LogP contribution is 2.44. The summed E-state index contributed by atoms with van der Waals surface area (Å²) in [5.41, 5.74) is 2.24. The van der Waals surface area contributed by atoms with Gasteiger partial charge in [-0.3, -0.25) is 4.79 Å². The maximum atomic E-state index is 17.2. The van der Waals surface area contributed by atoms with Crippen LogP contribution >= 0.6 is 11.6 Å². The molecule has 5 aromatic rings. The zero-order chi connectivity index (χ0) is 33.9. The van der Waals surface area contributed by atoms with E-state index < -0.39 is 5.82 Å². The number of nitriles is 2. The number of benzene rings is 3. The lowest BCUT2D eigenvalue weighted by molar-refractivity contribution is -0.130. The summed E-state index contributed by atoms with van der Waals surface area (Å²) < 4.78 is 19.0. The van der Waals surface area contributed by atoms with Gasteiger partial charge in [0.15, 0.2) is 17.2 Å². The average molecular weight is 662 g/mol. The second-order valence-electron chi connectivity index (χ2n) is 13.1. The summed E-state index contributed by atoms with van der Waals surface area (Å²) >= 11 is 6.99. The van der Waals surface area contributed by atoms with Crippen molar-refractivity contribution in [1.29, 1.82) is 10.5 Å². The van der Waals surface area contributed by atoms with Gasteiger partial charge in [0.2, 0.25) is 5.91 Å². The van der Waals surface area contributed by atoms with Gasteiger partial charge in [-0.25, -0.2) is 14.1 Å². The number of amides is 1. The Balaban J connectivity index is 1.45. The van der Waals surface area contributed by atoms with Crippen LogP contribution in [0.3, 0.4) is 0 Å². The molecular weight excluding hydrogens is 629 g/mol. The number of nitrogens with zero attached hydrogens (tertiary/aromatic N) is 9. The number of piperidine rings is 1. The predicted octanol–water partition coefficient (Wildman–Crippen LogP) is 6.24. The van der Waals surface area contributed by atoms with E-state index in [4.69, 9.17) is 16.6 Å². The van der Waals surface area contributed by atoms with Crippen molar-refractivity contribution in [3.8, 4) is 23.3 Å². The van der Waals surface area contributed by atoms with Crippen LogP contribution in [0.1, 0.15) is 37.8 Å². The maximum absolute atomic E-state index is 17.2. The molecule has 0 radical (unpaired) electrons. The van der Waals surface area contributed by atoms with Crippen LogP contribution < -0.4 is 4.90 Å². The fraction of sp³-hybridized carbons (Fsp3) is 0.333. The number of rotatable bonds is 6. The first kappa shape index (κ1) is 31.5. The van der Waals surface area contributed by atoms with E-state index >= 15 is 4.39 Å². The molecule has 0 aliphatic carbocycles. The molecule has 2 saturated heterocycles. The Labute approximate surface area is 282 Å². The largest absolute Gasteiger partial charge is 0.351 e. The lowest BCUT2D eigenvalue weighted by atomic mass is 9.90. The number of halogens is 2. The molecular formula is C36H33ClFN9O. The number of carbonyl (C=O) groups is 1. The number of likely N-dealkylation sites (N-methyl/N-ethyl adjacent to an activating group) is 1. The van der Waals surface area contributed by atoms with Crippen LogP contribution in [0.4, 0.5) is 10.2 Å². The number of anilines is 1. The van der Waals surface area contributed by atoms with E-state index in [9.17, 15) is 15.3 Å². The molecule has 10 nitrogen and oxygen atoms in total. The van der Waals surface area contributed by atoms with E-state index in [1.807, 2.05) is 32.3 Å². The molecule has 0 saturated carbocycles. The third-order valence-corrected chi connectivity index (χ3v) is 10.4. The summed E-state index contributed by atoms with van der Waals surface area (Å²) in [5, 5.41) is 30.8. The minimum absolute atomic E-state index is 0.103. The van der Waals surface area contributed by atoms with Crippen LogP contribution in [0, 0.1) is 28.5 Å². The number of hydrogen-bond donors (Lipinski definition) is 0. The monoisotopic (exact) mass is 661 g/mol. The van der Waals surface area contributed by atoms with E-state index in [0.29, 0.717) is 71.2 Å². The van der Waals surface area contributed by atoms with Crippen molar-refractivity contribution < 1.29 is 9.18 Å². The maximum Gasteiger partial charge on any atom is 0.246 e. The molecule has 242 valence electrons. The highest BCUT2D eigenvalue weighted by atomic mass is 35.5. The average Bonchev–Trinajstić information content (AvgIpc) is 3.52. The third-order valence-electron chi connectivity index (χ3n) is 10.1. The van der Waals surface area contributed by atoms with Crippen molar-refractivity contribution in [2.45, 2.75) is 43.8 Å². The summed E-state index contributed by atoms with van der Waals surface area (Å²) in [6, 6.07) is 16.5. The lowest BCUT2D eigenvalue weighted by Crippen LogP contribution is -2.67. The standard InChI is InChI=1S/C36H33ClFN9O/c1-5-28(48)46-15-13-24(16-23(46)12-14-39)47-34-26-17-27(37)30(25-11-7-9-21-8-6-10-22(18-40)29(21)25)31(38)32(26)41-35(33(34)42-43-47)45-19-36(2,20-45)44(3)4/h5-11,17,23-24H,1,12-13,15-16,19-20H2,2-4H3/t23-,24?/m1/s1. The summed E-state index contributed by atoms with van der Waals surface area (Å²) in [7, 11) is 4.07. The van der Waals surface area contributed by atoms with E-state index in [2.05, 4.69) is 45.8 Å². The normalized spacial score (nSPS) is 19.0. The molecule has 3 aromatic carbocycles. The Morgan fingerprint density at radius 3 is 2.65 bits per heavy atom. The Morgan fingerprint density at radius 2 is 1.96 bits per heavy atom. The molecule has 2 aliphatic rings. The summed E-state index contributed by atoms with van der Waals surface area (Å²) in [4.78, 5) is 23.5. The number of pyridine rings is 1. The van der Waals surface area contributed by atoms with Gasteiger partial charge in [0, 0.05) is 42.0 Å².